The van der Waals surface area contributed by atoms with Gasteiger partial charge in [-0.25, -0.2) is 0 Å². The highest BCUT2D eigenvalue weighted by molar-refractivity contribution is 5.79. The number of rotatable bonds is 5. The molecular formula is C12H24N2O. The molecule has 1 aliphatic carbocycles. The monoisotopic (exact) mass is 212 g/mol. The molecule has 3 nitrogen and oxygen atoms in total. The average molecular weight is 212 g/mol. The van der Waals surface area contributed by atoms with Gasteiger partial charge in [0.05, 0.1) is 0 Å². The second kappa shape index (κ2) is 6.23. The Morgan fingerprint density at radius 1 is 1.13 bits per heavy atom. The molecule has 0 N–H and O–H groups in total. The van der Waals surface area contributed by atoms with Crippen LogP contribution in [-0.2, 0) is 4.79 Å². The minimum atomic E-state index is 0.452. The van der Waals surface area contributed by atoms with Crippen LogP contribution in [0.2, 0.25) is 0 Å². The average Bonchev–Trinajstić information content (AvgIpc) is 2.18. The smallest absolute Gasteiger partial charge is 0.133 e. The van der Waals surface area contributed by atoms with Gasteiger partial charge in [-0.2, -0.15) is 0 Å². The van der Waals surface area contributed by atoms with E-state index < -0.39 is 0 Å². The number of Topliss-reactive ketones (excluding diaryl/α,β-unsaturated/α-hetero) is 1. The Kier molecular flexibility index (Phi) is 5.26. The summed E-state index contributed by atoms with van der Waals surface area (Å²) in [5, 5.41) is 0. The summed E-state index contributed by atoms with van der Waals surface area (Å²) in [7, 11) is 6.41. The van der Waals surface area contributed by atoms with Crippen molar-refractivity contribution in [1.82, 2.24) is 9.80 Å². The summed E-state index contributed by atoms with van der Waals surface area (Å²) in [4.78, 5) is 15.8. The molecule has 88 valence electrons. The third-order valence-corrected chi connectivity index (χ3v) is 3.25. The molecule has 1 aliphatic rings. The zero-order chi connectivity index (χ0) is 11.3. The molecule has 1 saturated carbocycles. The molecule has 0 saturated heterocycles. The third-order valence-electron chi connectivity index (χ3n) is 3.25. The largest absolute Gasteiger partial charge is 0.309 e. The molecule has 1 rings (SSSR count). The summed E-state index contributed by atoms with van der Waals surface area (Å²) in [5.74, 6) is 0.452. The maximum Gasteiger partial charge on any atom is 0.133 e. The molecule has 0 aromatic rings. The van der Waals surface area contributed by atoms with Crippen LogP contribution in [-0.4, -0.2) is 55.9 Å². The Morgan fingerprint density at radius 3 is 2.27 bits per heavy atom. The molecule has 15 heavy (non-hydrogen) atoms. The first-order valence-corrected chi connectivity index (χ1v) is 5.96. The summed E-state index contributed by atoms with van der Waals surface area (Å²) in [5.41, 5.74) is 0. The normalized spacial score (nSPS) is 19.1. The van der Waals surface area contributed by atoms with Gasteiger partial charge in [-0.1, -0.05) is 0 Å². The lowest BCUT2D eigenvalue weighted by Crippen LogP contribution is -2.36. The van der Waals surface area contributed by atoms with Crippen molar-refractivity contribution in [2.24, 2.45) is 0 Å². The molecule has 0 amide bonds. The number of carbonyl (C=O) groups excluding carboxylic acids is 1. The van der Waals surface area contributed by atoms with Crippen molar-refractivity contribution in [1.29, 1.82) is 0 Å². The summed E-state index contributed by atoms with van der Waals surface area (Å²) in [6.07, 6.45) is 4.94. The van der Waals surface area contributed by atoms with Crippen LogP contribution in [0.5, 0.6) is 0 Å². The lowest BCUT2D eigenvalue weighted by atomic mass is 9.93. The zero-order valence-electron chi connectivity index (χ0n) is 10.3. The lowest BCUT2D eigenvalue weighted by molar-refractivity contribution is -0.121. The molecular weight excluding hydrogens is 188 g/mol. The van der Waals surface area contributed by atoms with E-state index in [0.29, 0.717) is 11.8 Å². The molecule has 0 atom stereocenters. The van der Waals surface area contributed by atoms with Crippen LogP contribution >= 0.6 is 0 Å². The van der Waals surface area contributed by atoms with E-state index in [9.17, 15) is 4.79 Å². The summed E-state index contributed by atoms with van der Waals surface area (Å²) in [6.45, 7) is 2.30. The van der Waals surface area contributed by atoms with Crippen molar-refractivity contribution in [3.8, 4) is 0 Å². The predicted molar refractivity (Wildman–Crippen MR) is 63.1 cm³/mol. The summed E-state index contributed by atoms with van der Waals surface area (Å²) < 4.78 is 0. The predicted octanol–water partition coefficient (Wildman–Crippen LogP) is 1.38. The Balaban J connectivity index is 2.16. The Morgan fingerprint density at radius 2 is 1.73 bits per heavy atom. The molecule has 0 radical (unpaired) electrons. The van der Waals surface area contributed by atoms with E-state index in [-0.39, 0.29) is 0 Å². The quantitative estimate of drug-likeness (QED) is 0.688. The van der Waals surface area contributed by atoms with E-state index in [2.05, 4.69) is 30.9 Å². The molecule has 0 bridgehead atoms. The molecule has 0 unspecified atom stereocenters. The first kappa shape index (κ1) is 12.7. The van der Waals surface area contributed by atoms with Gasteiger partial charge in [0.1, 0.15) is 5.78 Å². The number of ketones is 1. The second-order valence-corrected chi connectivity index (χ2v) is 4.91. The topological polar surface area (TPSA) is 23.6 Å². The molecule has 0 aromatic heterocycles. The van der Waals surface area contributed by atoms with Gasteiger partial charge in [-0.05, 0) is 53.5 Å². The second-order valence-electron chi connectivity index (χ2n) is 4.91. The highest BCUT2D eigenvalue weighted by atomic mass is 16.1. The van der Waals surface area contributed by atoms with E-state index in [0.717, 1.165) is 38.8 Å². The number of carbonyl (C=O) groups is 1. The fourth-order valence-electron chi connectivity index (χ4n) is 2.18. The number of hydrogen-bond acceptors (Lipinski definition) is 3. The Bertz CT molecular complexity index is 194. The Labute approximate surface area is 93.4 Å². The highest BCUT2D eigenvalue weighted by Gasteiger charge is 2.21. The van der Waals surface area contributed by atoms with E-state index in [1.54, 1.807) is 0 Å². The SMILES string of the molecule is CN(C)CCCN(C)C1CCC(=O)CC1. The van der Waals surface area contributed by atoms with Gasteiger partial charge in [0.2, 0.25) is 0 Å². The minimum absolute atomic E-state index is 0.452. The van der Waals surface area contributed by atoms with E-state index in [1.165, 1.54) is 6.42 Å². The maximum atomic E-state index is 11.1. The van der Waals surface area contributed by atoms with Crippen molar-refractivity contribution in [2.75, 3.05) is 34.2 Å². The van der Waals surface area contributed by atoms with E-state index in [1.807, 2.05) is 0 Å². The summed E-state index contributed by atoms with van der Waals surface area (Å²) in [6, 6.07) is 0.643. The molecule has 0 aromatic carbocycles. The first-order chi connectivity index (χ1) is 7.09. The van der Waals surface area contributed by atoms with Crippen molar-refractivity contribution in [2.45, 2.75) is 38.1 Å². The van der Waals surface area contributed by atoms with Crippen molar-refractivity contribution >= 4 is 5.78 Å². The number of hydrogen-bond donors (Lipinski definition) is 0. The molecule has 1 fully saturated rings. The first-order valence-electron chi connectivity index (χ1n) is 5.96. The summed E-state index contributed by atoms with van der Waals surface area (Å²) >= 11 is 0. The third kappa shape index (κ3) is 4.76. The van der Waals surface area contributed by atoms with Crippen LogP contribution in [0, 0.1) is 0 Å². The maximum absolute atomic E-state index is 11.1. The molecule has 0 heterocycles. The van der Waals surface area contributed by atoms with Crippen molar-refractivity contribution < 1.29 is 4.79 Å². The van der Waals surface area contributed by atoms with Gasteiger partial charge in [0, 0.05) is 18.9 Å². The fourth-order valence-corrected chi connectivity index (χ4v) is 2.18. The van der Waals surface area contributed by atoms with Crippen molar-refractivity contribution in [3.05, 3.63) is 0 Å². The van der Waals surface area contributed by atoms with Crippen molar-refractivity contribution in [3.63, 3.8) is 0 Å². The molecule has 0 aliphatic heterocycles. The number of nitrogens with zero attached hydrogens (tertiary/aromatic N) is 2. The van der Waals surface area contributed by atoms with Gasteiger partial charge in [0.15, 0.2) is 0 Å². The Hall–Kier alpha value is -0.410. The molecule has 0 spiro atoms. The van der Waals surface area contributed by atoms with Crippen LogP contribution < -0.4 is 0 Å². The van der Waals surface area contributed by atoms with Gasteiger partial charge >= 0.3 is 0 Å². The van der Waals surface area contributed by atoms with Crippen LogP contribution in [0.25, 0.3) is 0 Å². The van der Waals surface area contributed by atoms with E-state index in [4.69, 9.17) is 0 Å². The van der Waals surface area contributed by atoms with Gasteiger partial charge in [-0.3, -0.25) is 4.79 Å². The standard InChI is InChI=1S/C12H24N2O/c1-13(2)9-4-10-14(3)11-5-7-12(15)8-6-11/h11H,4-10H2,1-3H3. The lowest BCUT2D eigenvalue weighted by Gasteiger charge is -2.30. The molecule has 3 heteroatoms. The van der Waals surface area contributed by atoms with E-state index >= 15 is 0 Å². The van der Waals surface area contributed by atoms with Gasteiger partial charge in [0.25, 0.3) is 0 Å². The van der Waals surface area contributed by atoms with Crippen LogP contribution in [0.1, 0.15) is 32.1 Å². The van der Waals surface area contributed by atoms with Crippen LogP contribution in [0.4, 0.5) is 0 Å². The minimum Gasteiger partial charge on any atom is -0.309 e. The van der Waals surface area contributed by atoms with Gasteiger partial charge in [-0.15, -0.1) is 0 Å². The van der Waals surface area contributed by atoms with Crippen LogP contribution in [0.3, 0.4) is 0 Å². The highest BCUT2D eigenvalue weighted by Crippen LogP contribution is 2.19. The van der Waals surface area contributed by atoms with Gasteiger partial charge < -0.3 is 9.80 Å². The zero-order valence-corrected chi connectivity index (χ0v) is 10.3. The fraction of sp³-hybridized carbons (Fsp3) is 0.917. The van der Waals surface area contributed by atoms with Crippen LogP contribution in [0.15, 0.2) is 0 Å².